The number of ether oxygens (including phenoxy) is 1. The van der Waals surface area contributed by atoms with E-state index in [0.29, 0.717) is 22.6 Å². The van der Waals surface area contributed by atoms with Crippen LogP contribution in [-0.4, -0.2) is 33.8 Å². The number of aromatic nitrogens is 1. The number of halogens is 1. The van der Waals surface area contributed by atoms with Gasteiger partial charge in [0.05, 0.1) is 31.0 Å². The second kappa shape index (κ2) is 8.63. The van der Waals surface area contributed by atoms with Crippen LogP contribution < -0.4 is 4.74 Å². The summed E-state index contributed by atoms with van der Waals surface area (Å²) in [6, 6.07) is 15.5. The number of carbonyl (C=O) groups excluding carboxylic acids is 2. The van der Waals surface area contributed by atoms with Crippen molar-refractivity contribution in [2.45, 2.75) is 19.5 Å². The van der Waals surface area contributed by atoms with E-state index in [2.05, 4.69) is 4.98 Å². The van der Waals surface area contributed by atoms with Gasteiger partial charge in [0.15, 0.2) is 0 Å². The van der Waals surface area contributed by atoms with E-state index in [-0.39, 0.29) is 23.4 Å². The van der Waals surface area contributed by atoms with Gasteiger partial charge >= 0.3 is 0 Å². The van der Waals surface area contributed by atoms with Crippen LogP contribution in [0.3, 0.4) is 0 Å². The number of Topliss-reactive ketones (excluding diaryl/α,β-unsaturated/α-hetero) is 1. The number of aryl methyl sites for hydroxylation is 1. The quantitative estimate of drug-likeness (QED) is 0.372. The second-order valence-corrected chi connectivity index (χ2v) is 7.49. The third-order valence-corrected chi connectivity index (χ3v) is 5.44. The maximum Gasteiger partial charge on any atom is 0.296 e. The zero-order valence-electron chi connectivity index (χ0n) is 17.6. The molecule has 1 atom stereocenters. The molecule has 1 saturated heterocycles. The number of rotatable bonds is 5. The standard InChI is InChI=1S/C25H21FN2O4/c1-15-12-17(9-10-20(15)26)23(29)21-22(16-6-5-8-19(13-16)32-2)28(25(31)24(21)30)14-18-7-3-4-11-27-18/h3-13,22,29H,14H2,1-2H3/b23-21-. The summed E-state index contributed by atoms with van der Waals surface area (Å²) in [6.45, 7) is 1.64. The minimum absolute atomic E-state index is 0.0646. The lowest BCUT2D eigenvalue weighted by molar-refractivity contribution is -0.140. The Labute approximate surface area is 184 Å². The minimum atomic E-state index is -0.863. The van der Waals surface area contributed by atoms with Gasteiger partial charge in [0.1, 0.15) is 17.3 Å². The molecule has 6 nitrogen and oxygen atoms in total. The first kappa shape index (κ1) is 21.2. The van der Waals surface area contributed by atoms with Crippen molar-refractivity contribution in [3.63, 3.8) is 0 Å². The van der Waals surface area contributed by atoms with Gasteiger partial charge < -0.3 is 14.7 Å². The lowest BCUT2D eigenvalue weighted by Gasteiger charge is -2.25. The first-order chi connectivity index (χ1) is 15.4. The van der Waals surface area contributed by atoms with Crippen LogP contribution in [0.2, 0.25) is 0 Å². The highest BCUT2D eigenvalue weighted by atomic mass is 19.1. The summed E-state index contributed by atoms with van der Waals surface area (Å²) in [6.07, 6.45) is 1.60. The fourth-order valence-electron chi connectivity index (χ4n) is 3.81. The number of pyridine rings is 1. The molecule has 0 radical (unpaired) electrons. The number of amides is 1. The Hall–Kier alpha value is -4.00. The Bertz CT molecular complexity index is 1220. The molecule has 7 heteroatoms. The number of benzene rings is 2. The molecule has 2 aromatic carbocycles. The average Bonchev–Trinajstić information content (AvgIpc) is 3.06. The van der Waals surface area contributed by atoms with Gasteiger partial charge in [-0.2, -0.15) is 0 Å². The maximum absolute atomic E-state index is 13.8. The summed E-state index contributed by atoms with van der Waals surface area (Å²) >= 11 is 0. The molecule has 0 bridgehead atoms. The number of nitrogens with zero attached hydrogens (tertiary/aromatic N) is 2. The molecule has 1 fully saturated rings. The van der Waals surface area contributed by atoms with Gasteiger partial charge in [0.2, 0.25) is 0 Å². The molecule has 2 heterocycles. The number of ketones is 1. The first-order valence-electron chi connectivity index (χ1n) is 9.99. The number of hydrogen-bond donors (Lipinski definition) is 1. The summed E-state index contributed by atoms with van der Waals surface area (Å²) in [5.74, 6) is -1.80. The average molecular weight is 432 g/mol. The van der Waals surface area contributed by atoms with Crippen molar-refractivity contribution in [2.75, 3.05) is 7.11 Å². The van der Waals surface area contributed by atoms with Crippen molar-refractivity contribution in [1.82, 2.24) is 9.88 Å². The van der Waals surface area contributed by atoms with Crippen molar-refractivity contribution in [1.29, 1.82) is 0 Å². The topological polar surface area (TPSA) is 79.7 Å². The van der Waals surface area contributed by atoms with Gasteiger partial charge in [-0.1, -0.05) is 18.2 Å². The Morgan fingerprint density at radius 3 is 2.62 bits per heavy atom. The van der Waals surface area contributed by atoms with Crippen LogP contribution in [0.25, 0.3) is 5.76 Å². The molecule has 1 aromatic heterocycles. The van der Waals surface area contributed by atoms with Crippen molar-refractivity contribution in [2.24, 2.45) is 0 Å². The second-order valence-electron chi connectivity index (χ2n) is 7.49. The van der Waals surface area contributed by atoms with E-state index in [1.54, 1.807) is 55.6 Å². The number of aliphatic hydroxyl groups is 1. The highest BCUT2D eigenvalue weighted by molar-refractivity contribution is 6.46. The van der Waals surface area contributed by atoms with Crippen LogP contribution >= 0.6 is 0 Å². The Balaban J connectivity index is 1.89. The number of likely N-dealkylation sites (tertiary alicyclic amines) is 1. The minimum Gasteiger partial charge on any atom is -0.507 e. The molecule has 1 amide bonds. The number of carbonyl (C=O) groups is 2. The van der Waals surface area contributed by atoms with Crippen LogP contribution in [0.4, 0.5) is 4.39 Å². The third kappa shape index (κ3) is 3.85. The molecule has 0 saturated carbocycles. The molecule has 0 aliphatic carbocycles. The highest BCUT2D eigenvalue weighted by Gasteiger charge is 2.46. The molecule has 0 spiro atoms. The van der Waals surface area contributed by atoms with Gasteiger partial charge in [-0.3, -0.25) is 14.6 Å². The van der Waals surface area contributed by atoms with Crippen LogP contribution in [0.1, 0.15) is 28.4 Å². The zero-order chi connectivity index (χ0) is 22.8. The fourth-order valence-corrected chi connectivity index (χ4v) is 3.81. The Morgan fingerprint density at radius 1 is 1.12 bits per heavy atom. The summed E-state index contributed by atoms with van der Waals surface area (Å²) in [4.78, 5) is 31.7. The number of methoxy groups -OCH3 is 1. The fraction of sp³-hybridized carbons (Fsp3) is 0.160. The van der Waals surface area contributed by atoms with Crippen molar-refractivity contribution >= 4 is 17.4 Å². The van der Waals surface area contributed by atoms with E-state index in [1.165, 1.54) is 30.2 Å². The van der Waals surface area contributed by atoms with Crippen LogP contribution in [0.15, 0.2) is 72.4 Å². The maximum atomic E-state index is 13.8. The molecule has 1 unspecified atom stereocenters. The molecule has 1 aliphatic heterocycles. The molecule has 3 aromatic rings. The third-order valence-electron chi connectivity index (χ3n) is 5.44. The summed E-state index contributed by atoms with van der Waals surface area (Å²) in [7, 11) is 1.52. The van der Waals surface area contributed by atoms with E-state index >= 15 is 0 Å². The van der Waals surface area contributed by atoms with Crippen LogP contribution in [0.5, 0.6) is 5.75 Å². The van der Waals surface area contributed by atoms with Crippen LogP contribution in [-0.2, 0) is 16.1 Å². The van der Waals surface area contributed by atoms with Crippen molar-refractivity contribution in [3.05, 3.63) is 101 Å². The largest absolute Gasteiger partial charge is 0.507 e. The molecular weight excluding hydrogens is 411 g/mol. The Kier molecular flexibility index (Phi) is 5.73. The van der Waals surface area contributed by atoms with Crippen molar-refractivity contribution < 1.29 is 23.8 Å². The predicted octanol–water partition coefficient (Wildman–Crippen LogP) is 4.16. The molecule has 32 heavy (non-hydrogen) atoms. The predicted molar refractivity (Wildman–Crippen MR) is 116 cm³/mol. The summed E-state index contributed by atoms with van der Waals surface area (Å²) in [5, 5.41) is 11.1. The van der Waals surface area contributed by atoms with Gasteiger partial charge in [-0.25, -0.2) is 4.39 Å². The monoisotopic (exact) mass is 432 g/mol. The van der Waals surface area contributed by atoms with E-state index in [0.717, 1.165) is 0 Å². The smallest absolute Gasteiger partial charge is 0.296 e. The molecule has 1 aliphatic rings. The summed E-state index contributed by atoms with van der Waals surface area (Å²) in [5.41, 5.74) is 1.70. The molecular formula is C25H21FN2O4. The van der Waals surface area contributed by atoms with Gasteiger partial charge in [0, 0.05) is 11.8 Å². The summed E-state index contributed by atoms with van der Waals surface area (Å²) < 4.78 is 19.1. The van der Waals surface area contributed by atoms with Crippen LogP contribution in [0, 0.1) is 12.7 Å². The van der Waals surface area contributed by atoms with E-state index in [1.807, 2.05) is 0 Å². The normalized spacial score (nSPS) is 17.6. The molecule has 1 N–H and O–H groups in total. The Morgan fingerprint density at radius 2 is 1.94 bits per heavy atom. The molecule has 162 valence electrons. The van der Waals surface area contributed by atoms with E-state index in [4.69, 9.17) is 4.74 Å². The van der Waals surface area contributed by atoms with E-state index in [9.17, 15) is 19.1 Å². The van der Waals surface area contributed by atoms with Gasteiger partial charge in [-0.15, -0.1) is 0 Å². The lowest BCUT2D eigenvalue weighted by atomic mass is 9.94. The van der Waals surface area contributed by atoms with Gasteiger partial charge in [-0.05, 0) is 60.5 Å². The van der Waals surface area contributed by atoms with Gasteiger partial charge in [0.25, 0.3) is 11.7 Å². The SMILES string of the molecule is COc1cccc(C2/C(=C(/O)c3ccc(F)c(C)c3)C(=O)C(=O)N2Cc2ccccn2)c1. The zero-order valence-corrected chi connectivity index (χ0v) is 17.6. The van der Waals surface area contributed by atoms with E-state index < -0.39 is 23.5 Å². The number of aliphatic hydroxyl groups excluding tert-OH is 1. The highest BCUT2D eigenvalue weighted by Crippen LogP contribution is 2.41. The van der Waals surface area contributed by atoms with Crippen molar-refractivity contribution in [3.8, 4) is 5.75 Å². The number of hydrogen-bond acceptors (Lipinski definition) is 5. The first-order valence-corrected chi connectivity index (χ1v) is 9.99. The lowest BCUT2D eigenvalue weighted by Crippen LogP contribution is -2.29. The molecule has 4 rings (SSSR count).